The van der Waals surface area contributed by atoms with Crippen LogP contribution in [0.25, 0.3) is 0 Å². The number of hydrogen-bond donors (Lipinski definition) is 2. The van der Waals surface area contributed by atoms with Crippen LogP contribution >= 0.6 is 0 Å². The molecule has 5 aliphatic rings. The summed E-state index contributed by atoms with van der Waals surface area (Å²) < 4.78 is 0. The van der Waals surface area contributed by atoms with Crippen molar-refractivity contribution in [2.45, 2.75) is 118 Å². The van der Waals surface area contributed by atoms with Gasteiger partial charge in [-0.2, -0.15) is 0 Å². The minimum atomic E-state index is -0.495. The molecule has 0 radical (unpaired) electrons. The second-order valence-corrected chi connectivity index (χ2v) is 13.9. The topological polar surface area (TPSA) is 57.5 Å². The third kappa shape index (κ3) is 2.59. The summed E-state index contributed by atoms with van der Waals surface area (Å²) >= 11 is 0. The molecule has 7 unspecified atom stereocenters. The number of carboxylic acids is 1. The summed E-state index contributed by atoms with van der Waals surface area (Å²) in [7, 11) is 0. The molecule has 5 saturated carbocycles. The molecule has 9 atom stereocenters. The lowest BCUT2D eigenvalue weighted by Gasteiger charge is -2.73. The van der Waals surface area contributed by atoms with Crippen molar-refractivity contribution in [3.8, 4) is 0 Å². The highest BCUT2D eigenvalue weighted by Crippen LogP contribution is 2.76. The van der Waals surface area contributed by atoms with Crippen LogP contribution in [0, 0.1) is 50.7 Å². The summed E-state index contributed by atoms with van der Waals surface area (Å²) in [5.74, 6) is 1.75. The van der Waals surface area contributed by atoms with Crippen LogP contribution < -0.4 is 0 Å². The van der Waals surface area contributed by atoms with Crippen molar-refractivity contribution in [3.63, 3.8) is 0 Å². The molecular formula is C28H46O3. The number of hydrogen-bond acceptors (Lipinski definition) is 2. The van der Waals surface area contributed by atoms with Crippen molar-refractivity contribution in [2.75, 3.05) is 0 Å². The van der Waals surface area contributed by atoms with Crippen molar-refractivity contribution < 1.29 is 15.0 Å². The zero-order chi connectivity index (χ0) is 22.4. The number of aliphatic hydroxyl groups excluding tert-OH is 1. The van der Waals surface area contributed by atoms with E-state index in [2.05, 4.69) is 34.6 Å². The van der Waals surface area contributed by atoms with Crippen LogP contribution in [-0.4, -0.2) is 22.3 Å². The van der Waals surface area contributed by atoms with Crippen molar-refractivity contribution in [1.29, 1.82) is 0 Å². The van der Waals surface area contributed by atoms with Gasteiger partial charge >= 0.3 is 5.97 Å². The molecule has 0 spiro atoms. The molecule has 5 fully saturated rings. The highest BCUT2D eigenvalue weighted by molar-refractivity contribution is 5.75. The molecule has 0 heterocycles. The second-order valence-electron chi connectivity index (χ2n) is 13.9. The number of aliphatic hydroxyl groups is 1. The standard InChI is InChI=1S/C28H46O3/c1-24(2)20-11-15-27(5)21(25(20,3)14-12-22(24)29)10-9-18-19-8-6-7-13-28(19,23(30)31)17-16-26(18,27)4/h18-22,29H,6-17H2,1-5H3,(H,30,31)/t18?,19-,20?,21?,22?,25?,26-,27?,28?/m0/s1. The number of rotatable bonds is 1. The summed E-state index contributed by atoms with van der Waals surface area (Å²) in [5.41, 5.74) is 0.411. The Balaban J connectivity index is 1.53. The lowest BCUT2D eigenvalue weighted by Crippen LogP contribution is -2.67. The molecule has 5 aliphatic carbocycles. The maximum Gasteiger partial charge on any atom is 0.309 e. The Kier molecular flexibility index (Phi) is 4.83. The summed E-state index contributed by atoms with van der Waals surface area (Å²) in [6.45, 7) is 12.4. The fraction of sp³-hybridized carbons (Fsp3) is 0.964. The lowest BCUT2D eigenvalue weighted by atomic mass is 9.32. The van der Waals surface area contributed by atoms with Crippen LogP contribution in [-0.2, 0) is 4.79 Å². The first-order valence-electron chi connectivity index (χ1n) is 13.3. The van der Waals surface area contributed by atoms with Crippen molar-refractivity contribution in [1.82, 2.24) is 0 Å². The van der Waals surface area contributed by atoms with Gasteiger partial charge in [0.25, 0.3) is 0 Å². The second kappa shape index (κ2) is 6.73. The van der Waals surface area contributed by atoms with E-state index in [9.17, 15) is 15.0 Å². The Morgan fingerprint density at radius 3 is 2.16 bits per heavy atom. The average molecular weight is 431 g/mol. The van der Waals surface area contributed by atoms with E-state index < -0.39 is 11.4 Å². The quantitative estimate of drug-likeness (QED) is 0.488. The van der Waals surface area contributed by atoms with Gasteiger partial charge in [-0.05, 0) is 110 Å². The van der Waals surface area contributed by atoms with E-state index in [0.717, 1.165) is 44.9 Å². The fourth-order valence-electron chi connectivity index (χ4n) is 11.1. The Morgan fingerprint density at radius 1 is 0.710 bits per heavy atom. The van der Waals surface area contributed by atoms with Crippen LogP contribution in [0.2, 0.25) is 0 Å². The zero-order valence-corrected chi connectivity index (χ0v) is 20.7. The number of carboxylic acid groups (broad SMARTS) is 1. The summed E-state index contributed by atoms with van der Waals surface area (Å²) in [6.07, 6.45) is 13.3. The van der Waals surface area contributed by atoms with E-state index in [0.29, 0.717) is 34.5 Å². The van der Waals surface area contributed by atoms with E-state index >= 15 is 0 Å². The summed E-state index contributed by atoms with van der Waals surface area (Å²) in [6, 6.07) is 0. The fourth-order valence-corrected chi connectivity index (χ4v) is 11.1. The van der Waals surface area contributed by atoms with Gasteiger partial charge in [0.1, 0.15) is 0 Å². The maximum atomic E-state index is 12.6. The largest absolute Gasteiger partial charge is 0.481 e. The first kappa shape index (κ1) is 22.2. The van der Waals surface area contributed by atoms with Crippen molar-refractivity contribution >= 4 is 5.97 Å². The molecule has 176 valence electrons. The van der Waals surface area contributed by atoms with E-state index in [1.54, 1.807) is 0 Å². The van der Waals surface area contributed by atoms with Crippen LogP contribution in [0.1, 0.15) is 112 Å². The highest BCUT2D eigenvalue weighted by atomic mass is 16.4. The predicted octanol–water partition coefficient (Wildman–Crippen LogP) is 6.68. The van der Waals surface area contributed by atoms with Crippen LogP contribution in [0.4, 0.5) is 0 Å². The minimum Gasteiger partial charge on any atom is -0.481 e. The van der Waals surface area contributed by atoms with E-state index in [1.165, 1.54) is 32.1 Å². The molecule has 31 heavy (non-hydrogen) atoms. The Hall–Kier alpha value is -0.570. The van der Waals surface area contributed by atoms with Gasteiger partial charge in [0.15, 0.2) is 0 Å². The molecule has 0 aromatic rings. The minimum absolute atomic E-state index is 0.000476. The Bertz CT molecular complexity index is 759. The summed E-state index contributed by atoms with van der Waals surface area (Å²) in [5, 5.41) is 21.2. The molecule has 0 aromatic heterocycles. The SMILES string of the molecule is CC1(C)C(O)CCC2(C)C1CCC1(C)C2CCC2[C@@H]3CCCCC3(C(=O)O)CC[C@@]21C. The summed E-state index contributed by atoms with van der Waals surface area (Å²) in [4.78, 5) is 12.6. The first-order chi connectivity index (χ1) is 14.4. The molecule has 0 bridgehead atoms. The average Bonchev–Trinajstić information content (AvgIpc) is 2.71. The lowest BCUT2D eigenvalue weighted by molar-refractivity contribution is -0.251. The Morgan fingerprint density at radius 2 is 1.45 bits per heavy atom. The van der Waals surface area contributed by atoms with Crippen molar-refractivity contribution in [2.24, 2.45) is 50.7 Å². The van der Waals surface area contributed by atoms with Gasteiger partial charge in [0.05, 0.1) is 11.5 Å². The Labute approximate surface area is 189 Å². The molecule has 5 rings (SSSR count). The monoisotopic (exact) mass is 430 g/mol. The third-order valence-corrected chi connectivity index (χ3v) is 13.0. The molecular weight excluding hydrogens is 384 g/mol. The molecule has 0 aliphatic heterocycles. The van der Waals surface area contributed by atoms with Crippen molar-refractivity contribution in [3.05, 3.63) is 0 Å². The van der Waals surface area contributed by atoms with Crippen LogP contribution in [0.3, 0.4) is 0 Å². The number of aliphatic carboxylic acids is 1. The molecule has 2 N–H and O–H groups in total. The highest BCUT2D eigenvalue weighted by Gasteiger charge is 2.70. The normalized spacial score (nSPS) is 55.9. The van der Waals surface area contributed by atoms with Gasteiger partial charge in [-0.25, -0.2) is 0 Å². The van der Waals surface area contributed by atoms with Gasteiger partial charge in [-0.15, -0.1) is 0 Å². The molecule has 3 heteroatoms. The molecule has 0 amide bonds. The number of carbonyl (C=O) groups is 1. The predicted molar refractivity (Wildman–Crippen MR) is 124 cm³/mol. The van der Waals surface area contributed by atoms with Gasteiger partial charge in [0.2, 0.25) is 0 Å². The van der Waals surface area contributed by atoms with Gasteiger partial charge in [-0.1, -0.05) is 47.5 Å². The van der Waals surface area contributed by atoms with Gasteiger partial charge < -0.3 is 10.2 Å². The van der Waals surface area contributed by atoms with E-state index in [4.69, 9.17) is 0 Å². The third-order valence-electron chi connectivity index (χ3n) is 13.0. The molecule has 0 saturated heterocycles. The zero-order valence-electron chi connectivity index (χ0n) is 20.7. The first-order valence-corrected chi connectivity index (χ1v) is 13.3. The molecule has 0 aromatic carbocycles. The van der Waals surface area contributed by atoms with Crippen LogP contribution in [0.15, 0.2) is 0 Å². The van der Waals surface area contributed by atoms with Gasteiger partial charge in [0, 0.05) is 0 Å². The van der Waals surface area contributed by atoms with E-state index in [1.807, 2.05) is 0 Å². The van der Waals surface area contributed by atoms with E-state index in [-0.39, 0.29) is 16.9 Å². The van der Waals surface area contributed by atoms with Gasteiger partial charge in [-0.3, -0.25) is 4.79 Å². The smallest absolute Gasteiger partial charge is 0.309 e. The van der Waals surface area contributed by atoms with Crippen LogP contribution in [0.5, 0.6) is 0 Å². The molecule has 3 nitrogen and oxygen atoms in total. The maximum absolute atomic E-state index is 12.6. The number of fused-ring (bicyclic) bond motifs is 7.